The molecule has 0 saturated carbocycles. The molecule has 0 bridgehead atoms. The van der Waals surface area contributed by atoms with Crippen molar-refractivity contribution in [3.8, 4) is 11.4 Å². The van der Waals surface area contributed by atoms with E-state index in [1.807, 2.05) is 30.3 Å². The van der Waals surface area contributed by atoms with Gasteiger partial charge in [-0.2, -0.15) is 8.42 Å². The summed E-state index contributed by atoms with van der Waals surface area (Å²) in [6.45, 7) is 5.70. The smallest absolute Gasteiger partial charge is 0.311 e. The number of benzene rings is 1. The van der Waals surface area contributed by atoms with Gasteiger partial charge in [0.2, 0.25) is 0 Å². The largest absolute Gasteiger partial charge is 0.382 e. The van der Waals surface area contributed by atoms with E-state index in [9.17, 15) is 8.42 Å². The zero-order valence-electron chi connectivity index (χ0n) is 15.6. The van der Waals surface area contributed by atoms with Gasteiger partial charge in [-0.15, -0.1) is 0 Å². The van der Waals surface area contributed by atoms with Gasteiger partial charge >= 0.3 is 10.1 Å². The maximum atomic E-state index is 12.4. The van der Waals surface area contributed by atoms with Crippen LogP contribution in [-0.4, -0.2) is 48.2 Å². The second kappa shape index (κ2) is 7.05. The van der Waals surface area contributed by atoms with Gasteiger partial charge in [0.05, 0.1) is 17.3 Å². The van der Waals surface area contributed by atoms with Crippen LogP contribution in [0, 0.1) is 0 Å². The van der Waals surface area contributed by atoms with Crippen LogP contribution in [0.5, 0.6) is 0 Å². The lowest BCUT2D eigenvalue weighted by Gasteiger charge is -2.37. The Kier molecular flexibility index (Phi) is 4.74. The molecule has 6 nitrogen and oxygen atoms in total. The molecule has 0 spiro atoms. The second-order valence-electron chi connectivity index (χ2n) is 6.82. The predicted octanol–water partition coefficient (Wildman–Crippen LogP) is 2.87. The molecule has 7 heteroatoms. The average molecular weight is 385 g/mol. The van der Waals surface area contributed by atoms with Crippen molar-refractivity contribution in [2.75, 3.05) is 18.8 Å². The van der Waals surface area contributed by atoms with Crippen molar-refractivity contribution in [2.24, 2.45) is 0 Å². The Labute approximate surface area is 160 Å². The lowest BCUT2D eigenvalue weighted by molar-refractivity contribution is 0.244. The summed E-state index contributed by atoms with van der Waals surface area (Å²) >= 11 is 0. The summed E-state index contributed by atoms with van der Waals surface area (Å²) in [5.74, 6) is 1.10. The van der Waals surface area contributed by atoms with Crippen LogP contribution in [0.15, 0.2) is 42.1 Å². The zero-order valence-corrected chi connectivity index (χ0v) is 16.4. The number of rotatable bonds is 4. The SMILES string of the molecule is CCN(CC)C1CS(=O)(=O)OC2=C1CCc1nc(-c3ccccc3)ncc12. The molecule has 0 saturated heterocycles. The van der Waals surface area contributed by atoms with Crippen LogP contribution in [0.1, 0.15) is 31.5 Å². The van der Waals surface area contributed by atoms with Crippen molar-refractivity contribution in [3.63, 3.8) is 0 Å². The third-order valence-corrected chi connectivity index (χ3v) is 6.44. The fraction of sp³-hybridized carbons (Fsp3) is 0.400. The van der Waals surface area contributed by atoms with Crippen molar-refractivity contribution in [1.29, 1.82) is 0 Å². The Morgan fingerprint density at radius 3 is 2.59 bits per heavy atom. The average Bonchev–Trinajstić information content (AvgIpc) is 2.68. The molecule has 1 unspecified atom stereocenters. The van der Waals surface area contributed by atoms with Crippen LogP contribution in [0.3, 0.4) is 0 Å². The van der Waals surface area contributed by atoms with E-state index in [4.69, 9.17) is 9.17 Å². The Bertz CT molecular complexity index is 983. The highest BCUT2D eigenvalue weighted by Gasteiger charge is 2.39. The monoisotopic (exact) mass is 385 g/mol. The minimum Gasteiger partial charge on any atom is -0.382 e. The molecule has 1 aromatic carbocycles. The van der Waals surface area contributed by atoms with Crippen LogP contribution in [-0.2, 0) is 20.7 Å². The maximum absolute atomic E-state index is 12.4. The molecule has 0 N–H and O–H groups in total. The van der Waals surface area contributed by atoms with Crippen molar-refractivity contribution >= 4 is 15.9 Å². The minimum atomic E-state index is -3.63. The van der Waals surface area contributed by atoms with E-state index >= 15 is 0 Å². The summed E-state index contributed by atoms with van der Waals surface area (Å²) in [6, 6.07) is 9.64. The van der Waals surface area contributed by atoms with E-state index in [2.05, 4.69) is 23.7 Å². The standard InChI is InChI=1S/C20H23N3O3S/c1-3-23(4-2)18-13-27(24,25)26-19-15(18)10-11-17-16(19)12-21-20(22-17)14-8-6-5-7-9-14/h5-9,12,18H,3-4,10-11,13H2,1-2H3. The molecule has 2 heterocycles. The number of likely N-dealkylation sites (N-methyl/N-ethyl adjacent to an activating group) is 1. The van der Waals surface area contributed by atoms with Crippen LogP contribution < -0.4 is 0 Å². The number of aryl methyl sites for hydroxylation is 1. The fourth-order valence-corrected chi connectivity index (χ4v) is 5.24. The molecule has 142 valence electrons. The highest BCUT2D eigenvalue weighted by molar-refractivity contribution is 7.87. The summed E-state index contributed by atoms with van der Waals surface area (Å²) in [7, 11) is -3.63. The van der Waals surface area contributed by atoms with Gasteiger partial charge in [-0.1, -0.05) is 44.2 Å². The Balaban J connectivity index is 1.79. The van der Waals surface area contributed by atoms with E-state index in [1.54, 1.807) is 6.20 Å². The molecule has 2 aliphatic rings. The van der Waals surface area contributed by atoms with Crippen molar-refractivity contribution in [2.45, 2.75) is 32.7 Å². The lowest BCUT2D eigenvalue weighted by atomic mass is 9.90. The normalized spacial score (nSPS) is 20.8. The van der Waals surface area contributed by atoms with Gasteiger partial charge in [-0.3, -0.25) is 4.90 Å². The third-order valence-electron chi connectivity index (χ3n) is 5.29. The molecule has 2 aromatic rings. The molecule has 1 atom stereocenters. The summed E-state index contributed by atoms with van der Waals surface area (Å²) < 4.78 is 30.3. The highest BCUT2D eigenvalue weighted by atomic mass is 32.2. The first-order valence-corrected chi connectivity index (χ1v) is 10.9. The van der Waals surface area contributed by atoms with E-state index in [1.165, 1.54) is 0 Å². The Morgan fingerprint density at radius 1 is 1.15 bits per heavy atom. The zero-order chi connectivity index (χ0) is 19.0. The van der Waals surface area contributed by atoms with E-state index < -0.39 is 10.1 Å². The lowest BCUT2D eigenvalue weighted by Crippen LogP contribution is -2.45. The number of hydrogen-bond donors (Lipinski definition) is 0. The third kappa shape index (κ3) is 3.37. The van der Waals surface area contributed by atoms with Crippen molar-refractivity contribution in [1.82, 2.24) is 14.9 Å². The summed E-state index contributed by atoms with van der Waals surface area (Å²) in [6.07, 6.45) is 3.22. The fourth-order valence-electron chi connectivity index (χ4n) is 3.92. The van der Waals surface area contributed by atoms with E-state index in [-0.39, 0.29) is 11.8 Å². The number of nitrogens with zero attached hydrogens (tertiary/aromatic N) is 3. The number of hydrogen-bond acceptors (Lipinski definition) is 6. The summed E-state index contributed by atoms with van der Waals surface area (Å²) in [4.78, 5) is 11.4. The van der Waals surface area contributed by atoms with Gasteiger partial charge < -0.3 is 4.18 Å². The molecule has 27 heavy (non-hydrogen) atoms. The Morgan fingerprint density at radius 2 is 1.89 bits per heavy atom. The van der Waals surface area contributed by atoms with E-state index in [0.717, 1.165) is 42.8 Å². The first kappa shape index (κ1) is 18.1. The Hall–Kier alpha value is -2.25. The molecule has 1 aliphatic heterocycles. The van der Waals surface area contributed by atoms with Crippen molar-refractivity contribution < 1.29 is 12.6 Å². The topological polar surface area (TPSA) is 72.4 Å². The number of aromatic nitrogens is 2. The molecule has 1 aliphatic carbocycles. The second-order valence-corrected chi connectivity index (χ2v) is 8.43. The van der Waals surface area contributed by atoms with E-state index in [0.29, 0.717) is 17.1 Å². The first-order chi connectivity index (χ1) is 13.0. The van der Waals surface area contributed by atoms with Gasteiger partial charge in [-0.05, 0) is 31.5 Å². The van der Waals surface area contributed by atoms with Crippen LogP contribution in [0.4, 0.5) is 0 Å². The molecular formula is C20H23N3O3S. The van der Waals surface area contributed by atoms with Crippen LogP contribution in [0.25, 0.3) is 17.1 Å². The quantitative estimate of drug-likeness (QED) is 0.754. The van der Waals surface area contributed by atoms with Gasteiger partial charge in [0, 0.05) is 11.8 Å². The van der Waals surface area contributed by atoms with Gasteiger partial charge in [0.15, 0.2) is 11.6 Å². The van der Waals surface area contributed by atoms with Crippen molar-refractivity contribution in [3.05, 3.63) is 53.4 Å². The van der Waals surface area contributed by atoms with Gasteiger partial charge in [0.1, 0.15) is 5.75 Å². The molecule has 4 rings (SSSR count). The van der Waals surface area contributed by atoms with Crippen LogP contribution >= 0.6 is 0 Å². The molecule has 0 amide bonds. The summed E-state index contributed by atoms with van der Waals surface area (Å²) in [5, 5.41) is 0. The molecular weight excluding hydrogens is 362 g/mol. The first-order valence-electron chi connectivity index (χ1n) is 9.33. The molecule has 1 aromatic heterocycles. The maximum Gasteiger partial charge on any atom is 0.311 e. The van der Waals surface area contributed by atoms with Gasteiger partial charge in [-0.25, -0.2) is 9.97 Å². The predicted molar refractivity (Wildman–Crippen MR) is 104 cm³/mol. The molecule has 0 radical (unpaired) electrons. The highest BCUT2D eigenvalue weighted by Crippen LogP contribution is 2.39. The summed E-state index contributed by atoms with van der Waals surface area (Å²) in [5.41, 5.74) is 3.55. The number of fused-ring (bicyclic) bond motifs is 2. The minimum absolute atomic E-state index is 0.00576. The van der Waals surface area contributed by atoms with Crippen LogP contribution in [0.2, 0.25) is 0 Å². The van der Waals surface area contributed by atoms with Gasteiger partial charge in [0.25, 0.3) is 0 Å². The molecule has 0 fully saturated rings.